The molecular weight excluding hydrogens is 248 g/mol. The number of hydrogen-bond donors (Lipinski definition) is 2. The minimum atomic E-state index is -0.814. The number of carbonyl (C=O) groups excluding carboxylic acids is 1. The van der Waals surface area contributed by atoms with Crippen molar-refractivity contribution in [2.24, 2.45) is 5.92 Å². The number of aliphatic hydroxyl groups is 1. The molecule has 0 aromatic rings. The van der Waals surface area contributed by atoms with Gasteiger partial charge >= 0.3 is 0 Å². The van der Waals surface area contributed by atoms with Crippen molar-refractivity contribution >= 4 is 17.7 Å². The van der Waals surface area contributed by atoms with E-state index in [2.05, 4.69) is 17.1 Å². The van der Waals surface area contributed by atoms with Gasteiger partial charge in [-0.25, -0.2) is 0 Å². The summed E-state index contributed by atoms with van der Waals surface area (Å²) in [7, 11) is 0. The average molecular weight is 274 g/mol. The Labute approximate surface area is 115 Å². The van der Waals surface area contributed by atoms with Crippen LogP contribution in [0.2, 0.25) is 0 Å². The summed E-state index contributed by atoms with van der Waals surface area (Å²) in [6.45, 7) is 6.83. The van der Waals surface area contributed by atoms with Gasteiger partial charge in [-0.2, -0.15) is 11.8 Å². The van der Waals surface area contributed by atoms with Crippen LogP contribution in [0.25, 0.3) is 0 Å². The number of hydrogen-bond acceptors (Lipinski definition) is 4. The van der Waals surface area contributed by atoms with Gasteiger partial charge in [-0.3, -0.25) is 9.69 Å². The quantitative estimate of drug-likeness (QED) is 0.757. The van der Waals surface area contributed by atoms with Crippen molar-refractivity contribution in [3.8, 4) is 0 Å². The summed E-state index contributed by atoms with van der Waals surface area (Å²) in [4.78, 5) is 14.0. The fourth-order valence-electron chi connectivity index (χ4n) is 2.13. The van der Waals surface area contributed by atoms with Crippen molar-refractivity contribution in [2.45, 2.75) is 32.3 Å². The predicted molar refractivity (Wildman–Crippen MR) is 76.9 cm³/mol. The first-order valence-electron chi connectivity index (χ1n) is 6.63. The third kappa shape index (κ3) is 6.07. The molecule has 1 amide bonds. The van der Waals surface area contributed by atoms with Crippen LogP contribution in [0.1, 0.15) is 26.7 Å². The number of carbonyl (C=O) groups is 1. The summed E-state index contributed by atoms with van der Waals surface area (Å²) in [5.41, 5.74) is -0.814. The SMILES string of the molecule is CSCC(C)(O)CNC(=O)CN1CCC(C)CC1. The average Bonchev–Trinajstić information content (AvgIpc) is 2.30. The summed E-state index contributed by atoms with van der Waals surface area (Å²) >= 11 is 1.58. The molecule has 1 saturated heterocycles. The van der Waals surface area contributed by atoms with E-state index in [-0.39, 0.29) is 5.91 Å². The summed E-state index contributed by atoms with van der Waals surface area (Å²) in [6, 6.07) is 0. The van der Waals surface area contributed by atoms with E-state index in [0.29, 0.717) is 18.8 Å². The first-order valence-corrected chi connectivity index (χ1v) is 8.03. The molecule has 1 rings (SSSR count). The van der Waals surface area contributed by atoms with Crippen molar-refractivity contribution in [1.82, 2.24) is 10.2 Å². The molecule has 0 radical (unpaired) electrons. The fraction of sp³-hybridized carbons (Fsp3) is 0.923. The number of nitrogens with one attached hydrogen (secondary N) is 1. The van der Waals surface area contributed by atoms with Gasteiger partial charge in [-0.05, 0) is 45.0 Å². The summed E-state index contributed by atoms with van der Waals surface area (Å²) in [5.74, 6) is 1.44. The van der Waals surface area contributed by atoms with E-state index in [1.165, 1.54) is 12.8 Å². The second-order valence-electron chi connectivity index (χ2n) is 5.67. The van der Waals surface area contributed by atoms with Gasteiger partial charge in [0.2, 0.25) is 5.91 Å². The minimum absolute atomic E-state index is 0.0194. The van der Waals surface area contributed by atoms with E-state index in [1.54, 1.807) is 18.7 Å². The highest BCUT2D eigenvalue weighted by molar-refractivity contribution is 7.98. The maximum absolute atomic E-state index is 11.8. The topological polar surface area (TPSA) is 52.6 Å². The molecule has 1 atom stereocenters. The second kappa shape index (κ2) is 7.36. The number of rotatable bonds is 6. The third-order valence-electron chi connectivity index (χ3n) is 3.37. The largest absolute Gasteiger partial charge is 0.387 e. The molecule has 0 aromatic carbocycles. The molecule has 1 heterocycles. The van der Waals surface area contributed by atoms with Gasteiger partial charge in [0, 0.05) is 12.3 Å². The van der Waals surface area contributed by atoms with Gasteiger partial charge in [0.15, 0.2) is 0 Å². The molecule has 18 heavy (non-hydrogen) atoms. The first kappa shape index (κ1) is 15.8. The Bertz CT molecular complexity index is 264. The van der Waals surface area contributed by atoms with Crippen molar-refractivity contribution in [3.63, 3.8) is 0 Å². The third-order valence-corrected chi connectivity index (χ3v) is 4.28. The molecule has 0 aliphatic carbocycles. The Morgan fingerprint density at radius 3 is 2.67 bits per heavy atom. The van der Waals surface area contributed by atoms with Gasteiger partial charge in [0.25, 0.3) is 0 Å². The standard InChI is InChI=1S/C13H26N2O2S/c1-11-4-6-15(7-5-11)8-12(16)14-9-13(2,17)10-18-3/h11,17H,4-10H2,1-3H3,(H,14,16). The van der Waals surface area contributed by atoms with Crippen LogP contribution >= 0.6 is 11.8 Å². The van der Waals surface area contributed by atoms with Crippen molar-refractivity contribution in [1.29, 1.82) is 0 Å². The van der Waals surface area contributed by atoms with Crippen LogP contribution in [0.3, 0.4) is 0 Å². The maximum Gasteiger partial charge on any atom is 0.234 e. The lowest BCUT2D eigenvalue weighted by molar-refractivity contribution is -0.123. The van der Waals surface area contributed by atoms with Crippen LogP contribution in [-0.4, -0.2) is 59.7 Å². The molecule has 0 bridgehead atoms. The van der Waals surface area contributed by atoms with E-state index >= 15 is 0 Å². The van der Waals surface area contributed by atoms with Crippen LogP contribution in [0, 0.1) is 5.92 Å². The molecule has 4 nitrogen and oxygen atoms in total. The Morgan fingerprint density at radius 1 is 1.50 bits per heavy atom. The monoisotopic (exact) mass is 274 g/mol. The highest BCUT2D eigenvalue weighted by atomic mass is 32.2. The fourth-order valence-corrected chi connectivity index (χ4v) is 2.85. The van der Waals surface area contributed by atoms with Crippen molar-refractivity contribution in [2.75, 3.05) is 38.2 Å². The van der Waals surface area contributed by atoms with E-state index < -0.39 is 5.60 Å². The van der Waals surface area contributed by atoms with Gasteiger partial charge < -0.3 is 10.4 Å². The maximum atomic E-state index is 11.8. The summed E-state index contributed by atoms with van der Waals surface area (Å²) in [5, 5.41) is 12.8. The Balaban J connectivity index is 2.21. The zero-order valence-corrected chi connectivity index (χ0v) is 12.6. The number of piperidine rings is 1. The number of thioether (sulfide) groups is 1. The van der Waals surface area contributed by atoms with E-state index in [4.69, 9.17) is 0 Å². The second-order valence-corrected chi connectivity index (χ2v) is 6.53. The van der Waals surface area contributed by atoms with E-state index in [9.17, 15) is 9.90 Å². The molecule has 1 aliphatic heterocycles. The van der Waals surface area contributed by atoms with Crippen LogP contribution in [-0.2, 0) is 4.79 Å². The number of nitrogens with zero attached hydrogens (tertiary/aromatic N) is 1. The van der Waals surface area contributed by atoms with Gasteiger partial charge in [0.1, 0.15) is 0 Å². The number of amides is 1. The number of likely N-dealkylation sites (tertiary alicyclic amines) is 1. The van der Waals surface area contributed by atoms with E-state index in [0.717, 1.165) is 19.0 Å². The minimum Gasteiger partial charge on any atom is -0.387 e. The lowest BCUT2D eigenvalue weighted by Crippen LogP contribution is -2.47. The molecule has 0 aromatic heterocycles. The molecule has 0 spiro atoms. The molecule has 106 valence electrons. The first-order chi connectivity index (χ1) is 8.43. The summed E-state index contributed by atoms with van der Waals surface area (Å²) in [6.07, 6.45) is 4.31. The smallest absolute Gasteiger partial charge is 0.234 e. The van der Waals surface area contributed by atoms with Gasteiger partial charge in [-0.1, -0.05) is 6.92 Å². The zero-order chi connectivity index (χ0) is 13.6. The highest BCUT2D eigenvalue weighted by Crippen LogP contribution is 2.15. The Hall–Kier alpha value is -0.260. The lowest BCUT2D eigenvalue weighted by atomic mass is 9.99. The van der Waals surface area contributed by atoms with Crippen molar-refractivity contribution < 1.29 is 9.90 Å². The Morgan fingerprint density at radius 2 is 2.11 bits per heavy atom. The molecule has 1 unspecified atom stereocenters. The normalized spacial score (nSPS) is 21.6. The molecular formula is C13H26N2O2S. The molecule has 0 saturated carbocycles. The Kier molecular flexibility index (Phi) is 6.46. The van der Waals surface area contributed by atoms with Crippen LogP contribution in [0.15, 0.2) is 0 Å². The zero-order valence-electron chi connectivity index (χ0n) is 11.7. The van der Waals surface area contributed by atoms with Crippen LogP contribution in [0.5, 0.6) is 0 Å². The van der Waals surface area contributed by atoms with Crippen LogP contribution < -0.4 is 5.32 Å². The molecule has 1 fully saturated rings. The van der Waals surface area contributed by atoms with Gasteiger partial charge in [-0.15, -0.1) is 0 Å². The molecule has 2 N–H and O–H groups in total. The summed E-state index contributed by atoms with van der Waals surface area (Å²) < 4.78 is 0. The highest BCUT2D eigenvalue weighted by Gasteiger charge is 2.22. The molecule has 5 heteroatoms. The predicted octanol–water partition coefficient (Wildman–Crippen LogP) is 0.948. The lowest BCUT2D eigenvalue weighted by Gasteiger charge is -2.30. The molecule has 1 aliphatic rings. The van der Waals surface area contributed by atoms with E-state index in [1.807, 2.05) is 6.26 Å². The van der Waals surface area contributed by atoms with Crippen molar-refractivity contribution in [3.05, 3.63) is 0 Å². The van der Waals surface area contributed by atoms with Gasteiger partial charge in [0.05, 0.1) is 12.1 Å². The van der Waals surface area contributed by atoms with Crippen LogP contribution in [0.4, 0.5) is 0 Å².